The van der Waals surface area contributed by atoms with Gasteiger partial charge in [0.15, 0.2) is 11.6 Å². The first-order chi connectivity index (χ1) is 18.2. The highest BCUT2D eigenvalue weighted by Gasteiger charge is 2.28. The van der Waals surface area contributed by atoms with E-state index in [4.69, 9.17) is 16.3 Å². The lowest BCUT2D eigenvalue weighted by Crippen LogP contribution is -2.44. The van der Waals surface area contributed by atoms with Gasteiger partial charge in [-0.05, 0) is 56.5 Å². The minimum Gasteiger partial charge on any atom is -0.494 e. The molecule has 2 heterocycles. The number of carbonyl (C=O) groups is 2. The molecule has 4 rings (SSSR count). The molecule has 0 unspecified atom stereocenters. The molecule has 2 atom stereocenters. The van der Waals surface area contributed by atoms with Crippen LogP contribution in [-0.2, 0) is 4.79 Å². The number of aryl methyl sites for hydroxylation is 1. The Morgan fingerprint density at radius 2 is 1.97 bits per heavy atom. The summed E-state index contributed by atoms with van der Waals surface area (Å²) in [5.74, 6) is -0.748. The van der Waals surface area contributed by atoms with Gasteiger partial charge in [-0.2, -0.15) is 0 Å². The van der Waals surface area contributed by atoms with Gasteiger partial charge in [-0.1, -0.05) is 37.3 Å². The number of rotatable bonds is 10. The maximum Gasteiger partial charge on any atom is 0.262 e. The van der Waals surface area contributed by atoms with Crippen LogP contribution in [0.1, 0.15) is 65.3 Å². The summed E-state index contributed by atoms with van der Waals surface area (Å²) < 4.78 is 18.8. The molecule has 2 aromatic heterocycles. The number of amides is 2. The van der Waals surface area contributed by atoms with Gasteiger partial charge in [0.2, 0.25) is 5.91 Å². The molecule has 3 N–H and O–H groups in total. The summed E-state index contributed by atoms with van der Waals surface area (Å²) in [4.78, 5) is 32.2. The maximum atomic E-state index is 13.8. The van der Waals surface area contributed by atoms with Gasteiger partial charge in [0.25, 0.3) is 5.91 Å². The third-order valence-electron chi connectivity index (χ3n) is 6.79. The number of hydrogen-bond acceptors (Lipinski definition) is 6. The molecule has 10 heteroatoms. The zero-order valence-corrected chi connectivity index (χ0v) is 23.2. The van der Waals surface area contributed by atoms with E-state index in [9.17, 15) is 14.0 Å². The van der Waals surface area contributed by atoms with Crippen molar-refractivity contribution in [3.05, 3.63) is 68.9 Å². The third kappa shape index (κ3) is 7.02. The molecule has 0 spiro atoms. The van der Waals surface area contributed by atoms with E-state index in [0.29, 0.717) is 27.9 Å². The van der Waals surface area contributed by atoms with Crippen LogP contribution in [0.25, 0.3) is 0 Å². The fraction of sp³-hybridized carbons (Fsp3) is 0.393. The van der Waals surface area contributed by atoms with Crippen LogP contribution >= 0.6 is 22.9 Å². The topological polar surface area (TPSA) is 92.4 Å². The van der Waals surface area contributed by atoms with Gasteiger partial charge in [0.05, 0.1) is 34.4 Å². The summed E-state index contributed by atoms with van der Waals surface area (Å²) >= 11 is 7.46. The summed E-state index contributed by atoms with van der Waals surface area (Å²) in [6.45, 7) is 3.90. The number of aromatic nitrogens is 1. The molecule has 0 radical (unpaired) electrons. The molecule has 38 heavy (non-hydrogen) atoms. The number of anilines is 2. The minimum absolute atomic E-state index is 0.0387. The molecule has 202 valence electrons. The number of halogens is 2. The van der Waals surface area contributed by atoms with Crippen molar-refractivity contribution in [1.82, 2.24) is 10.3 Å². The number of benzene rings is 1. The van der Waals surface area contributed by atoms with Crippen molar-refractivity contribution in [2.75, 3.05) is 17.7 Å². The van der Waals surface area contributed by atoms with Crippen LogP contribution in [0.5, 0.6) is 5.75 Å². The molecular formula is C28H32ClFN4O3S. The zero-order chi connectivity index (χ0) is 27.2. The van der Waals surface area contributed by atoms with Gasteiger partial charge in [-0.25, -0.2) is 4.39 Å². The fourth-order valence-corrected chi connectivity index (χ4v) is 5.74. The van der Waals surface area contributed by atoms with E-state index in [0.717, 1.165) is 41.9 Å². The number of hydrogen-bond donors (Lipinski definition) is 3. The van der Waals surface area contributed by atoms with E-state index >= 15 is 0 Å². The monoisotopic (exact) mass is 558 g/mol. The lowest BCUT2D eigenvalue weighted by Gasteiger charge is -2.21. The number of nitrogens with zero attached hydrogens (tertiary/aromatic N) is 1. The number of nitrogens with one attached hydrogen (secondary N) is 3. The first-order valence-corrected chi connectivity index (χ1v) is 13.9. The van der Waals surface area contributed by atoms with Crippen LogP contribution in [0, 0.1) is 18.7 Å². The number of carbonyl (C=O) groups excluding carboxylic acids is 2. The highest BCUT2D eigenvalue weighted by atomic mass is 35.5. The summed E-state index contributed by atoms with van der Waals surface area (Å²) in [6.07, 6.45) is 6.48. The normalized spacial score (nSPS) is 15.1. The van der Waals surface area contributed by atoms with Gasteiger partial charge < -0.3 is 20.7 Å². The summed E-state index contributed by atoms with van der Waals surface area (Å²) in [7, 11) is 1.37. The Morgan fingerprint density at radius 1 is 1.21 bits per heavy atom. The second-order valence-electron chi connectivity index (χ2n) is 9.61. The Labute approximate surface area is 231 Å². The number of methoxy groups -OCH3 is 1. The van der Waals surface area contributed by atoms with Gasteiger partial charge in [-0.3, -0.25) is 14.6 Å². The first-order valence-electron chi connectivity index (χ1n) is 12.7. The Bertz CT molecular complexity index is 1290. The highest BCUT2D eigenvalue weighted by molar-refractivity contribution is 7.14. The zero-order valence-electron chi connectivity index (χ0n) is 21.6. The lowest BCUT2D eigenvalue weighted by atomic mass is 9.97. The predicted octanol–water partition coefficient (Wildman–Crippen LogP) is 6.74. The van der Waals surface area contributed by atoms with E-state index in [1.165, 1.54) is 36.6 Å². The van der Waals surface area contributed by atoms with Crippen molar-refractivity contribution in [2.24, 2.45) is 5.92 Å². The quantitative estimate of drug-likeness (QED) is 0.256. The van der Waals surface area contributed by atoms with Crippen molar-refractivity contribution >= 4 is 46.1 Å². The van der Waals surface area contributed by atoms with Crippen molar-refractivity contribution < 1.29 is 18.7 Å². The van der Waals surface area contributed by atoms with Crippen LogP contribution in [-0.4, -0.2) is 29.9 Å². The fourth-order valence-electron chi connectivity index (χ4n) is 4.67. The van der Waals surface area contributed by atoms with E-state index in [-0.39, 0.29) is 23.6 Å². The van der Waals surface area contributed by atoms with Crippen molar-refractivity contribution in [1.29, 1.82) is 0 Å². The predicted molar refractivity (Wildman–Crippen MR) is 150 cm³/mol. The summed E-state index contributed by atoms with van der Waals surface area (Å²) in [5.41, 5.74) is 2.06. The molecule has 0 saturated heterocycles. The first kappa shape index (κ1) is 27.9. The largest absolute Gasteiger partial charge is 0.494 e. The molecule has 1 saturated carbocycles. The van der Waals surface area contributed by atoms with Crippen LogP contribution < -0.4 is 20.7 Å². The molecule has 1 aromatic carbocycles. The average molecular weight is 559 g/mol. The second kappa shape index (κ2) is 12.6. The second-order valence-corrected chi connectivity index (χ2v) is 11.2. The van der Waals surface area contributed by atoms with Crippen molar-refractivity contribution in [3.63, 3.8) is 0 Å². The molecule has 0 bridgehead atoms. The SMILES string of the molecule is COc1cc(NC(=O)[C@H](CC2CCCC2)NC(=O)c2ccc([C@H](C)Nc3cc(Cl)cnc3C)s2)ccc1F. The van der Waals surface area contributed by atoms with E-state index in [1.54, 1.807) is 12.3 Å². The van der Waals surface area contributed by atoms with Crippen LogP contribution in [0.15, 0.2) is 42.6 Å². The number of thiophene rings is 1. The molecular weight excluding hydrogens is 527 g/mol. The summed E-state index contributed by atoms with van der Waals surface area (Å²) in [6, 6.07) is 8.84. The Hall–Kier alpha value is -3.17. The minimum atomic E-state index is -0.720. The van der Waals surface area contributed by atoms with Crippen molar-refractivity contribution in [3.8, 4) is 5.75 Å². The molecule has 3 aromatic rings. The molecule has 1 fully saturated rings. The van der Waals surface area contributed by atoms with E-state index in [1.807, 2.05) is 26.0 Å². The number of ether oxygens (including phenoxy) is 1. The van der Waals surface area contributed by atoms with E-state index in [2.05, 4.69) is 20.9 Å². The molecule has 1 aliphatic carbocycles. The molecule has 0 aliphatic heterocycles. The van der Waals surface area contributed by atoms with E-state index < -0.39 is 11.9 Å². The van der Waals surface area contributed by atoms with Gasteiger partial charge in [0, 0.05) is 22.8 Å². The Morgan fingerprint density at radius 3 is 2.71 bits per heavy atom. The highest BCUT2D eigenvalue weighted by Crippen LogP contribution is 2.31. The lowest BCUT2D eigenvalue weighted by molar-refractivity contribution is -0.118. The van der Waals surface area contributed by atoms with Gasteiger partial charge >= 0.3 is 0 Å². The van der Waals surface area contributed by atoms with Crippen LogP contribution in [0.2, 0.25) is 5.02 Å². The van der Waals surface area contributed by atoms with Crippen LogP contribution in [0.4, 0.5) is 15.8 Å². The maximum absolute atomic E-state index is 13.8. The van der Waals surface area contributed by atoms with Gasteiger partial charge in [0.1, 0.15) is 6.04 Å². The summed E-state index contributed by atoms with van der Waals surface area (Å²) in [5, 5.41) is 9.70. The molecule has 2 amide bonds. The standard InChI is InChI=1S/C28H32ClFN4O3S/c1-16-22(13-19(29)15-31-16)32-17(2)25-10-11-26(38-25)28(36)34-23(12-18-6-4-5-7-18)27(35)33-20-8-9-21(30)24(14-20)37-3/h8-11,13-15,17-18,23,32H,4-7,12H2,1-3H3,(H,33,35)(H,34,36)/t17-,23-/m0/s1. The average Bonchev–Trinajstić information content (AvgIpc) is 3.59. The van der Waals surface area contributed by atoms with Gasteiger partial charge in [-0.15, -0.1) is 11.3 Å². The van der Waals surface area contributed by atoms with Crippen LogP contribution in [0.3, 0.4) is 0 Å². The Kier molecular flexibility index (Phi) is 9.22. The van der Waals surface area contributed by atoms with Crippen molar-refractivity contribution in [2.45, 2.75) is 58.0 Å². The smallest absolute Gasteiger partial charge is 0.262 e. The molecule has 7 nitrogen and oxygen atoms in total. The number of pyridine rings is 1. The third-order valence-corrected chi connectivity index (χ3v) is 8.26. The molecule has 1 aliphatic rings. The Balaban J connectivity index is 1.45.